The molecular weight excluding hydrogens is 489 g/mol. The number of hydrogen-bond donors (Lipinski definition) is 0. The molecule has 0 amide bonds. The molecule has 10 heteroatoms. The molecule has 0 N–H and O–H groups in total. The van der Waals surface area contributed by atoms with Gasteiger partial charge >= 0.3 is 11.9 Å². The van der Waals surface area contributed by atoms with Gasteiger partial charge in [0.15, 0.2) is 0 Å². The first-order valence-corrected chi connectivity index (χ1v) is 13.2. The number of halogens is 1. The molecule has 0 fully saturated rings. The van der Waals surface area contributed by atoms with E-state index >= 15 is 0 Å². The van der Waals surface area contributed by atoms with Crippen LogP contribution in [0, 0.1) is 12.7 Å². The Labute approximate surface area is 211 Å². The molecular formula is C26H32FNO7S. The molecule has 2 aromatic carbocycles. The lowest BCUT2D eigenvalue weighted by atomic mass is 10.1. The van der Waals surface area contributed by atoms with Crippen LogP contribution < -0.4 is 9.04 Å². The summed E-state index contributed by atoms with van der Waals surface area (Å²) in [6.45, 7) is 8.67. The molecule has 0 unspecified atom stereocenters. The van der Waals surface area contributed by atoms with Crippen molar-refractivity contribution in [3.8, 4) is 5.75 Å². The van der Waals surface area contributed by atoms with Crippen LogP contribution in [0.25, 0.3) is 0 Å². The first-order chi connectivity index (χ1) is 16.8. The lowest BCUT2D eigenvalue weighted by Crippen LogP contribution is -2.43. The molecule has 1 atom stereocenters. The Balaban J connectivity index is 1.97. The Morgan fingerprint density at radius 2 is 1.86 bits per heavy atom. The highest BCUT2D eigenvalue weighted by molar-refractivity contribution is 7.92. The number of benzene rings is 2. The van der Waals surface area contributed by atoms with E-state index in [4.69, 9.17) is 14.2 Å². The zero-order valence-corrected chi connectivity index (χ0v) is 22.0. The summed E-state index contributed by atoms with van der Waals surface area (Å²) >= 11 is 0. The lowest BCUT2D eigenvalue weighted by molar-refractivity contribution is -0.154. The predicted octanol–water partition coefficient (Wildman–Crippen LogP) is 4.32. The molecule has 1 aliphatic heterocycles. The summed E-state index contributed by atoms with van der Waals surface area (Å²) in [6, 6.07) is 8.45. The number of aryl methyl sites for hydroxylation is 1. The van der Waals surface area contributed by atoms with Gasteiger partial charge in [0.2, 0.25) is 0 Å². The summed E-state index contributed by atoms with van der Waals surface area (Å²) in [5.41, 5.74) is 0.343. The molecule has 0 radical (unpaired) electrons. The molecule has 0 spiro atoms. The first kappa shape index (κ1) is 27.4. The van der Waals surface area contributed by atoms with E-state index in [-0.39, 0.29) is 48.6 Å². The number of carbonyl (C=O) groups excluding carboxylic acids is 2. The standard InChI is InChI=1S/C26H32FNO7S/c1-6-33-24(29)12-8-19-16-28(36(31,32)20-9-10-21(27)17(2)13-20)22-14-18(7-11-23(22)34-19)15-25(30)35-26(3,4)5/h7,9-11,13-14,19H,6,8,12,15-16H2,1-5H3/t19-/m0/s1. The molecule has 196 valence electrons. The second kappa shape index (κ2) is 10.9. The third kappa shape index (κ3) is 6.75. The molecule has 8 nitrogen and oxygen atoms in total. The van der Waals surface area contributed by atoms with Gasteiger partial charge in [-0.25, -0.2) is 12.8 Å². The SMILES string of the molecule is CCOC(=O)CC[C@H]1CN(S(=O)(=O)c2ccc(F)c(C)c2)c2cc(CC(=O)OC(C)(C)C)ccc2O1. The monoisotopic (exact) mass is 521 g/mol. The van der Waals surface area contributed by atoms with Crippen LogP contribution in [0.15, 0.2) is 41.3 Å². The van der Waals surface area contributed by atoms with Gasteiger partial charge in [0, 0.05) is 6.42 Å². The van der Waals surface area contributed by atoms with Crippen molar-refractivity contribution in [2.24, 2.45) is 0 Å². The molecule has 1 aliphatic rings. The zero-order chi connectivity index (χ0) is 26.7. The van der Waals surface area contributed by atoms with Crippen LogP contribution in [0.3, 0.4) is 0 Å². The molecule has 0 aliphatic carbocycles. The minimum absolute atomic E-state index is 0.0552. The second-order valence-electron chi connectivity index (χ2n) is 9.60. The molecule has 1 heterocycles. The molecule has 3 rings (SSSR count). The summed E-state index contributed by atoms with van der Waals surface area (Å²) in [5, 5.41) is 0. The molecule has 0 saturated carbocycles. The number of fused-ring (bicyclic) bond motifs is 1. The summed E-state index contributed by atoms with van der Waals surface area (Å²) in [7, 11) is -4.12. The van der Waals surface area contributed by atoms with Crippen molar-refractivity contribution in [3.05, 3.63) is 53.3 Å². The topological polar surface area (TPSA) is 99.2 Å². The van der Waals surface area contributed by atoms with Crippen LogP contribution in [-0.4, -0.2) is 45.2 Å². The van der Waals surface area contributed by atoms with E-state index in [2.05, 4.69) is 0 Å². The van der Waals surface area contributed by atoms with Gasteiger partial charge in [-0.1, -0.05) is 6.07 Å². The second-order valence-corrected chi connectivity index (χ2v) is 11.5. The van der Waals surface area contributed by atoms with E-state index in [9.17, 15) is 22.4 Å². The highest BCUT2D eigenvalue weighted by atomic mass is 32.2. The van der Waals surface area contributed by atoms with Gasteiger partial charge in [-0.05, 0) is 82.5 Å². The van der Waals surface area contributed by atoms with E-state index in [1.807, 2.05) is 0 Å². The Morgan fingerprint density at radius 1 is 1.14 bits per heavy atom. The maximum Gasteiger partial charge on any atom is 0.310 e. The first-order valence-electron chi connectivity index (χ1n) is 11.8. The minimum Gasteiger partial charge on any atom is -0.486 e. The van der Waals surface area contributed by atoms with Crippen molar-refractivity contribution in [2.75, 3.05) is 17.5 Å². The van der Waals surface area contributed by atoms with Crippen LogP contribution in [0.5, 0.6) is 5.75 Å². The number of rotatable bonds is 8. The highest BCUT2D eigenvalue weighted by Gasteiger charge is 2.35. The van der Waals surface area contributed by atoms with Gasteiger partial charge in [0.25, 0.3) is 10.0 Å². The van der Waals surface area contributed by atoms with Crippen LogP contribution >= 0.6 is 0 Å². The number of carbonyl (C=O) groups is 2. The summed E-state index contributed by atoms with van der Waals surface area (Å²) in [4.78, 5) is 24.1. The fourth-order valence-corrected chi connectivity index (χ4v) is 5.39. The molecule has 2 aromatic rings. The quantitative estimate of drug-likeness (QED) is 0.477. The third-order valence-electron chi connectivity index (χ3n) is 5.42. The van der Waals surface area contributed by atoms with Crippen molar-refractivity contribution >= 4 is 27.6 Å². The number of nitrogens with zero attached hydrogens (tertiary/aromatic N) is 1. The number of sulfonamides is 1. The van der Waals surface area contributed by atoms with Crippen molar-refractivity contribution in [2.45, 2.75) is 70.5 Å². The van der Waals surface area contributed by atoms with E-state index < -0.39 is 39.5 Å². The van der Waals surface area contributed by atoms with Gasteiger partial charge in [-0.3, -0.25) is 13.9 Å². The highest BCUT2D eigenvalue weighted by Crippen LogP contribution is 2.39. The number of anilines is 1. The summed E-state index contributed by atoms with van der Waals surface area (Å²) < 4.78 is 58.8. The fraction of sp³-hybridized carbons (Fsp3) is 0.462. The third-order valence-corrected chi connectivity index (χ3v) is 7.19. The Kier molecular flexibility index (Phi) is 8.28. The van der Waals surface area contributed by atoms with Crippen molar-refractivity contribution < 1.29 is 36.6 Å². The minimum atomic E-state index is -4.12. The number of ether oxygens (including phenoxy) is 3. The predicted molar refractivity (Wildman–Crippen MR) is 132 cm³/mol. The van der Waals surface area contributed by atoms with Gasteiger partial charge in [-0.15, -0.1) is 0 Å². The van der Waals surface area contributed by atoms with Crippen LogP contribution in [0.1, 0.15) is 51.7 Å². The van der Waals surface area contributed by atoms with Crippen molar-refractivity contribution in [3.63, 3.8) is 0 Å². The summed E-state index contributed by atoms with van der Waals surface area (Å²) in [6.07, 6.45) is -0.365. The van der Waals surface area contributed by atoms with Gasteiger partial charge < -0.3 is 14.2 Å². The maximum atomic E-state index is 13.8. The van der Waals surface area contributed by atoms with Crippen molar-refractivity contribution in [1.29, 1.82) is 0 Å². The van der Waals surface area contributed by atoms with Crippen LogP contribution in [0.2, 0.25) is 0 Å². The Hall–Kier alpha value is -3.14. The molecule has 0 aromatic heterocycles. The Morgan fingerprint density at radius 3 is 2.50 bits per heavy atom. The van der Waals surface area contributed by atoms with E-state index in [0.717, 1.165) is 6.07 Å². The molecule has 36 heavy (non-hydrogen) atoms. The lowest BCUT2D eigenvalue weighted by Gasteiger charge is -2.36. The van der Waals surface area contributed by atoms with E-state index in [0.29, 0.717) is 11.3 Å². The average Bonchev–Trinajstić information content (AvgIpc) is 2.77. The fourth-order valence-electron chi connectivity index (χ4n) is 3.81. The maximum absolute atomic E-state index is 13.8. The Bertz CT molecular complexity index is 1240. The van der Waals surface area contributed by atoms with E-state index in [1.165, 1.54) is 23.4 Å². The van der Waals surface area contributed by atoms with Crippen molar-refractivity contribution in [1.82, 2.24) is 0 Å². The summed E-state index contributed by atoms with van der Waals surface area (Å²) in [5.74, 6) is -1.06. The van der Waals surface area contributed by atoms with Crippen LogP contribution in [0.4, 0.5) is 10.1 Å². The number of esters is 2. The van der Waals surface area contributed by atoms with E-state index in [1.54, 1.807) is 45.9 Å². The average molecular weight is 522 g/mol. The van der Waals surface area contributed by atoms with Gasteiger partial charge in [0.1, 0.15) is 23.3 Å². The van der Waals surface area contributed by atoms with Gasteiger partial charge in [0.05, 0.1) is 30.2 Å². The zero-order valence-electron chi connectivity index (χ0n) is 21.2. The van der Waals surface area contributed by atoms with Crippen LogP contribution in [-0.2, 0) is 35.5 Å². The normalized spacial score (nSPS) is 15.6. The molecule has 0 saturated heterocycles. The molecule has 0 bridgehead atoms. The van der Waals surface area contributed by atoms with Gasteiger partial charge in [-0.2, -0.15) is 0 Å². The largest absolute Gasteiger partial charge is 0.486 e. The smallest absolute Gasteiger partial charge is 0.310 e. The number of hydrogen-bond acceptors (Lipinski definition) is 7.